The van der Waals surface area contributed by atoms with Gasteiger partial charge < -0.3 is 10.1 Å². The molecule has 0 spiro atoms. The Balaban J connectivity index is 1.93. The molecule has 2 aromatic carbocycles. The first-order valence-corrected chi connectivity index (χ1v) is 6.06. The smallest absolute Gasteiger partial charge is 0.127 e. The Bertz CT molecular complexity index is 476. The van der Waals surface area contributed by atoms with Crippen LogP contribution in [0.25, 0.3) is 0 Å². The van der Waals surface area contributed by atoms with E-state index in [4.69, 9.17) is 4.74 Å². The number of nitrogens with one attached hydrogen (secondary N) is 1. The van der Waals surface area contributed by atoms with Gasteiger partial charge in [0.2, 0.25) is 0 Å². The zero-order chi connectivity index (χ0) is 12.6. The Morgan fingerprint density at radius 2 is 1.61 bits per heavy atom. The summed E-state index contributed by atoms with van der Waals surface area (Å²) in [5, 5.41) is 3.31. The van der Waals surface area contributed by atoms with Crippen molar-refractivity contribution >= 4 is 5.69 Å². The van der Waals surface area contributed by atoms with E-state index < -0.39 is 0 Å². The fourth-order valence-electron chi connectivity index (χ4n) is 1.58. The van der Waals surface area contributed by atoms with Gasteiger partial charge in [0, 0.05) is 12.2 Å². The summed E-state index contributed by atoms with van der Waals surface area (Å²) in [5.41, 5.74) is 1.09. The maximum absolute atomic E-state index is 5.72. The van der Waals surface area contributed by atoms with Gasteiger partial charge in [-0.3, -0.25) is 0 Å². The number of benzene rings is 2. The first-order chi connectivity index (χ1) is 8.88. The second-order valence-electron chi connectivity index (χ2n) is 3.94. The summed E-state index contributed by atoms with van der Waals surface area (Å²) < 4.78 is 5.72. The van der Waals surface area contributed by atoms with E-state index in [2.05, 4.69) is 11.9 Å². The fourth-order valence-corrected chi connectivity index (χ4v) is 1.58. The van der Waals surface area contributed by atoms with Crippen molar-refractivity contribution in [1.29, 1.82) is 0 Å². The van der Waals surface area contributed by atoms with E-state index >= 15 is 0 Å². The van der Waals surface area contributed by atoms with Crippen LogP contribution in [0, 0.1) is 0 Å². The van der Waals surface area contributed by atoms with Crippen molar-refractivity contribution in [3.63, 3.8) is 0 Å². The van der Waals surface area contributed by atoms with E-state index in [0.29, 0.717) is 0 Å². The van der Waals surface area contributed by atoms with Crippen LogP contribution in [0.3, 0.4) is 0 Å². The van der Waals surface area contributed by atoms with Crippen LogP contribution >= 0.6 is 0 Å². The minimum Gasteiger partial charge on any atom is -0.457 e. The molecule has 0 unspecified atom stereocenters. The molecule has 2 nitrogen and oxygen atoms in total. The van der Waals surface area contributed by atoms with E-state index in [1.165, 1.54) is 0 Å². The van der Waals surface area contributed by atoms with Crippen LogP contribution < -0.4 is 10.1 Å². The highest BCUT2D eigenvalue weighted by molar-refractivity contribution is 5.47. The Hall–Kier alpha value is -2.22. The lowest BCUT2D eigenvalue weighted by Gasteiger charge is -2.08. The minimum atomic E-state index is 0.843. The summed E-state index contributed by atoms with van der Waals surface area (Å²) >= 11 is 0. The lowest BCUT2D eigenvalue weighted by atomic mass is 10.3. The molecule has 2 heteroatoms. The van der Waals surface area contributed by atoms with Crippen molar-refractivity contribution in [2.24, 2.45) is 0 Å². The average Bonchev–Trinajstić information content (AvgIpc) is 2.42. The normalized spacial score (nSPS) is 9.78. The van der Waals surface area contributed by atoms with Gasteiger partial charge >= 0.3 is 0 Å². The molecule has 0 radical (unpaired) electrons. The third-order valence-corrected chi connectivity index (χ3v) is 2.51. The second kappa shape index (κ2) is 6.50. The molecule has 0 amide bonds. The molecule has 0 aromatic heterocycles. The molecule has 2 rings (SSSR count). The Kier molecular flexibility index (Phi) is 4.42. The zero-order valence-electron chi connectivity index (χ0n) is 10.3. The van der Waals surface area contributed by atoms with Crippen LogP contribution in [-0.2, 0) is 0 Å². The predicted molar refractivity (Wildman–Crippen MR) is 76.3 cm³/mol. The number of hydrogen-bond donors (Lipinski definition) is 1. The van der Waals surface area contributed by atoms with Gasteiger partial charge in [0.1, 0.15) is 11.5 Å². The quantitative estimate of drug-likeness (QED) is 0.593. The highest BCUT2D eigenvalue weighted by Crippen LogP contribution is 2.22. The highest BCUT2D eigenvalue weighted by Gasteiger charge is 1.96. The van der Waals surface area contributed by atoms with Crippen molar-refractivity contribution in [3.8, 4) is 11.5 Å². The predicted octanol–water partition coefficient (Wildman–Crippen LogP) is 4.47. The fraction of sp³-hybridized carbons (Fsp3) is 0.125. The molecule has 0 aliphatic rings. The first kappa shape index (κ1) is 12.2. The van der Waals surface area contributed by atoms with E-state index in [0.717, 1.165) is 30.2 Å². The molecule has 0 heterocycles. The molecule has 0 saturated heterocycles. The van der Waals surface area contributed by atoms with Gasteiger partial charge in [-0.2, -0.15) is 0 Å². The lowest BCUT2D eigenvalue weighted by molar-refractivity contribution is 0.483. The van der Waals surface area contributed by atoms with Crippen LogP contribution in [0.2, 0.25) is 0 Å². The van der Waals surface area contributed by atoms with Gasteiger partial charge in [-0.1, -0.05) is 24.3 Å². The third-order valence-electron chi connectivity index (χ3n) is 2.51. The van der Waals surface area contributed by atoms with Crippen molar-refractivity contribution in [3.05, 3.63) is 67.3 Å². The summed E-state index contributed by atoms with van der Waals surface area (Å²) in [6.45, 7) is 4.60. The highest BCUT2D eigenvalue weighted by atomic mass is 16.5. The molecule has 18 heavy (non-hydrogen) atoms. The van der Waals surface area contributed by atoms with Crippen LogP contribution in [-0.4, -0.2) is 6.54 Å². The summed E-state index contributed by atoms with van der Waals surface area (Å²) in [6, 6.07) is 17.7. The molecule has 0 fully saturated rings. The number of rotatable bonds is 6. The summed E-state index contributed by atoms with van der Waals surface area (Å²) in [5.74, 6) is 1.69. The largest absolute Gasteiger partial charge is 0.457 e. The second-order valence-corrected chi connectivity index (χ2v) is 3.94. The number of para-hydroxylation sites is 1. The molecule has 2 aromatic rings. The lowest BCUT2D eigenvalue weighted by Crippen LogP contribution is -1.99. The molecule has 92 valence electrons. The van der Waals surface area contributed by atoms with Gasteiger partial charge in [0.15, 0.2) is 0 Å². The standard InChI is InChI=1S/C16H17NO/c1-2-3-13-17-14-9-11-16(12-10-14)18-15-7-5-4-6-8-15/h2,4-12,17H,1,3,13H2. The molecule has 0 saturated carbocycles. The summed E-state index contributed by atoms with van der Waals surface area (Å²) in [6.07, 6.45) is 2.86. The summed E-state index contributed by atoms with van der Waals surface area (Å²) in [7, 11) is 0. The topological polar surface area (TPSA) is 21.3 Å². The van der Waals surface area contributed by atoms with Crippen LogP contribution in [0.15, 0.2) is 67.3 Å². The van der Waals surface area contributed by atoms with Gasteiger partial charge in [-0.25, -0.2) is 0 Å². The van der Waals surface area contributed by atoms with E-state index in [-0.39, 0.29) is 0 Å². The maximum atomic E-state index is 5.72. The SMILES string of the molecule is C=CCCNc1ccc(Oc2ccccc2)cc1. The van der Waals surface area contributed by atoms with Crippen molar-refractivity contribution in [2.75, 3.05) is 11.9 Å². The number of anilines is 1. The zero-order valence-corrected chi connectivity index (χ0v) is 10.3. The van der Waals surface area contributed by atoms with Gasteiger partial charge in [0.25, 0.3) is 0 Å². The maximum Gasteiger partial charge on any atom is 0.127 e. The third kappa shape index (κ3) is 3.67. The average molecular weight is 239 g/mol. The van der Waals surface area contributed by atoms with Crippen LogP contribution in [0.4, 0.5) is 5.69 Å². The molecule has 1 N–H and O–H groups in total. The van der Waals surface area contributed by atoms with Gasteiger partial charge in [0.05, 0.1) is 0 Å². The minimum absolute atomic E-state index is 0.843. The molecule has 0 aliphatic heterocycles. The molecular formula is C16H17NO. The van der Waals surface area contributed by atoms with Crippen molar-refractivity contribution in [2.45, 2.75) is 6.42 Å². The first-order valence-electron chi connectivity index (χ1n) is 6.06. The molecule has 0 aliphatic carbocycles. The molecule has 0 atom stereocenters. The van der Waals surface area contributed by atoms with Crippen molar-refractivity contribution < 1.29 is 4.74 Å². The Morgan fingerprint density at radius 3 is 2.28 bits per heavy atom. The Labute approximate surface area is 108 Å². The van der Waals surface area contributed by atoms with Gasteiger partial charge in [-0.15, -0.1) is 6.58 Å². The number of hydrogen-bond acceptors (Lipinski definition) is 2. The molecule has 0 bridgehead atoms. The van der Waals surface area contributed by atoms with E-state index in [9.17, 15) is 0 Å². The van der Waals surface area contributed by atoms with Crippen molar-refractivity contribution in [1.82, 2.24) is 0 Å². The van der Waals surface area contributed by atoms with Gasteiger partial charge in [-0.05, 0) is 42.8 Å². The Morgan fingerprint density at radius 1 is 0.944 bits per heavy atom. The van der Waals surface area contributed by atoms with E-state index in [1.807, 2.05) is 60.7 Å². The van der Waals surface area contributed by atoms with E-state index in [1.54, 1.807) is 0 Å². The molecular weight excluding hydrogens is 222 g/mol. The van der Waals surface area contributed by atoms with Crippen LogP contribution in [0.1, 0.15) is 6.42 Å². The summed E-state index contributed by atoms with van der Waals surface area (Å²) in [4.78, 5) is 0. The monoisotopic (exact) mass is 239 g/mol. The van der Waals surface area contributed by atoms with Crippen LogP contribution in [0.5, 0.6) is 11.5 Å². The number of ether oxygens (including phenoxy) is 1.